The van der Waals surface area contributed by atoms with Gasteiger partial charge in [-0.1, -0.05) is 23.7 Å². The summed E-state index contributed by atoms with van der Waals surface area (Å²) in [6.07, 6.45) is 1.16. The number of carbonyl (C=O) groups is 2. The summed E-state index contributed by atoms with van der Waals surface area (Å²) in [5, 5.41) is 6.29. The van der Waals surface area contributed by atoms with Gasteiger partial charge in [-0.15, -0.1) is 0 Å². The first-order valence-electron chi connectivity index (χ1n) is 10.9. The highest BCUT2D eigenvalue weighted by Crippen LogP contribution is 2.26. The SMILES string of the molecule is Cc1cc(NC(=O)Cc2ccc3[nH]c(-c4ccc(Cl)cn4)nc3c2)ccc1C1OCCNC1=O. The van der Waals surface area contributed by atoms with Gasteiger partial charge in [-0.05, 0) is 60.0 Å². The second kappa shape index (κ2) is 9.24. The zero-order valence-corrected chi connectivity index (χ0v) is 19.1. The van der Waals surface area contributed by atoms with Crippen molar-refractivity contribution < 1.29 is 14.3 Å². The lowest BCUT2D eigenvalue weighted by molar-refractivity contribution is -0.138. The minimum absolute atomic E-state index is 0.144. The zero-order chi connectivity index (χ0) is 23.7. The second-order valence-corrected chi connectivity index (χ2v) is 8.57. The maximum atomic E-state index is 12.7. The lowest BCUT2D eigenvalue weighted by atomic mass is 10.0. The lowest BCUT2D eigenvalue weighted by Crippen LogP contribution is -2.39. The predicted octanol–water partition coefficient (Wildman–Crippen LogP) is 3.96. The number of amides is 2. The Labute approximate surface area is 200 Å². The molecule has 172 valence electrons. The van der Waals surface area contributed by atoms with Crippen LogP contribution in [0.4, 0.5) is 5.69 Å². The van der Waals surface area contributed by atoms with Gasteiger partial charge in [0.1, 0.15) is 5.69 Å². The molecule has 1 atom stereocenters. The maximum absolute atomic E-state index is 12.7. The third kappa shape index (κ3) is 4.64. The molecule has 2 aromatic carbocycles. The minimum atomic E-state index is -0.618. The van der Waals surface area contributed by atoms with E-state index in [0.29, 0.717) is 35.4 Å². The van der Waals surface area contributed by atoms with Gasteiger partial charge in [0.15, 0.2) is 11.9 Å². The molecule has 0 bridgehead atoms. The summed E-state index contributed by atoms with van der Waals surface area (Å²) in [4.78, 5) is 36.9. The van der Waals surface area contributed by atoms with Gasteiger partial charge in [-0.3, -0.25) is 14.6 Å². The number of imidazole rings is 1. The number of pyridine rings is 1. The number of anilines is 1. The van der Waals surface area contributed by atoms with E-state index in [1.165, 1.54) is 0 Å². The van der Waals surface area contributed by atoms with E-state index in [2.05, 4.69) is 25.6 Å². The molecule has 0 saturated carbocycles. The summed E-state index contributed by atoms with van der Waals surface area (Å²) in [7, 11) is 0. The van der Waals surface area contributed by atoms with Crippen LogP contribution in [0.25, 0.3) is 22.6 Å². The Morgan fingerprint density at radius 1 is 1.21 bits per heavy atom. The molecule has 0 radical (unpaired) electrons. The van der Waals surface area contributed by atoms with E-state index in [1.807, 2.05) is 37.3 Å². The molecule has 5 rings (SSSR count). The summed E-state index contributed by atoms with van der Waals surface area (Å²) in [5.41, 5.74) is 5.48. The Kier molecular flexibility index (Phi) is 6.00. The first kappa shape index (κ1) is 22.1. The van der Waals surface area contributed by atoms with E-state index in [1.54, 1.807) is 24.4 Å². The van der Waals surface area contributed by atoms with Gasteiger partial charge in [-0.2, -0.15) is 0 Å². The summed E-state index contributed by atoms with van der Waals surface area (Å²) in [6, 6.07) is 14.7. The number of aromatic amines is 1. The molecule has 2 aromatic heterocycles. The Morgan fingerprint density at radius 3 is 2.85 bits per heavy atom. The van der Waals surface area contributed by atoms with Gasteiger partial charge in [0.05, 0.1) is 29.1 Å². The highest BCUT2D eigenvalue weighted by molar-refractivity contribution is 6.30. The molecule has 1 fully saturated rings. The number of H-pyrrole nitrogens is 1. The zero-order valence-electron chi connectivity index (χ0n) is 18.4. The van der Waals surface area contributed by atoms with Gasteiger partial charge in [0.25, 0.3) is 5.91 Å². The van der Waals surface area contributed by atoms with Crippen LogP contribution in [0.3, 0.4) is 0 Å². The normalized spacial score (nSPS) is 15.8. The predicted molar refractivity (Wildman–Crippen MR) is 130 cm³/mol. The first-order valence-corrected chi connectivity index (χ1v) is 11.2. The summed E-state index contributed by atoms with van der Waals surface area (Å²) in [5.74, 6) is 0.350. The van der Waals surface area contributed by atoms with Crippen molar-refractivity contribution in [2.75, 3.05) is 18.5 Å². The second-order valence-electron chi connectivity index (χ2n) is 8.14. The molecule has 8 nitrogen and oxygen atoms in total. The molecular weight excluding hydrogens is 454 g/mol. The number of hydrogen-bond acceptors (Lipinski definition) is 5. The van der Waals surface area contributed by atoms with Crippen LogP contribution in [-0.2, 0) is 20.7 Å². The van der Waals surface area contributed by atoms with Crippen molar-refractivity contribution in [2.45, 2.75) is 19.4 Å². The van der Waals surface area contributed by atoms with Crippen LogP contribution in [0.1, 0.15) is 22.8 Å². The quantitative estimate of drug-likeness (QED) is 0.405. The molecule has 1 aliphatic rings. The smallest absolute Gasteiger partial charge is 0.253 e. The third-order valence-electron chi connectivity index (χ3n) is 5.64. The Balaban J connectivity index is 1.27. The van der Waals surface area contributed by atoms with Crippen molar-refractivity contribution in [1.29, 1.82) is 0 Å². The number of nitrogens with one attached hydrogen (secondary N) is 3. The van der Waals surface area contributed by atoms with Gasteiger partial charge < -0.3 is 20.4 Å². The van der Waals surface area contributed by atoms with E-state index in [0.717, 1.165) is 27.7 Å². The van der Waals surface area contributed by atoms with Crippen molar-refractivity contribution >= 4 is 40.1 Å². The van der Waals surface area contributed by atoms with E-state index in [-0.39, 0.29) is 18.2 Å². The number of nitrogens with zero attached hydrogens (tertiary/aromatic N) is 2. The number of ether oxygens (including phenoxy) is 1. The highest BCUT2D eigenvalue weighted by Gasteiger charge is 2.26. The highest BCUT2D eigenvalue weighted by atomic mass is 35.5. The van der Waals surface area contributed by atoms with Crippen molar-refractivity contribution in [2.24, 2.45) is 0 Å². The number of hydrogen-bond donors (Lipinski definition) is 3. The van der Waals surface area contributed by atoms with Gasteiger partial charge in [-0.25, -0.2) is 4.98 Å². The van der Waals surface area contributed by atoms with E-state index in [4.69, 9.17) is 16.3 Å². The molecular formula is C25H22ClN5O3. The monoisotopic (exact) mass is 475 g/mol. The topological polar surface area (TPSA) is 109 Å². The van der Waals surface area contributed by atoms with E-state index < -0.39 is 6.10 Å². The molecule has 9 heteroatoms. The molecule has 1 aliphatic heterocycles. The summed E-state index contributed by atoms with van der Waals surface area (Å²) >= 11 is 5.91. The molecule has 3 N–H and O–H groups in total. The fourth-order valence-electron chi connectivity index (χ4n) is 3.99. The van der Waals surface area contributed by atoms with Crippen molar-refractivity contribution in [3.05, 3.63) is 76.4 Å². The van der Waals surface area contributed by atoms with Gasteiger partial charge >= 0.3 is 0 Å². The number of aryl methyl sites for hydroxylation is 1. The third-order valence-corrected chi connectivity index (χ3v) is 5.87. The standard InChI is InChI=1S/C25H22ClN5O3/c1-14-10-17(4-5-18(14)23-25(33)27-8-9-34-23)29-22(32)12-15-2-6-19-21(11-15)31-24(30-19)20-7-3-16(26)13-28-20/h2-7,10-11,13,23H,8-9,12H2,1H3,(H,27,33)(H,29,32)(H,30,31). The number of halogens is 1. The van der Waals surface area contributed by atoms with Crippen LogP contribution >= 0.6 is 11.6 Å². The number of benzene rings is 2. The molecule has 4 aromatic rings. The minimum Gasteiger partial charge on any atom is -0.362 e. The molecule has 0 aliphatic carbocycles. The molecule has 1 saturated heterocycles. The van der Waals surface area contributed by atoms with Gasteiger partial charge in [0.2, 0.25) is 5.91 Å². The molecule has 34 heavy (non-hydrogen) atoms. The van der Waals surface area contributed by atoms with E-state index in [9.17, 15) is 9.59 Å². The van der Waals surface area contributed by atoms with Crippen molar-refractivity contribution in [3.8, 4) is 11.5 Å². The van der Waals surface area contributed by atoms with Crippen LogP contribution in [0.2, 0.25) is 5.02 Å². The van der Waals surface area contributed by atoms with Crippen molar-refractivity contribution in [1.82, 2.24) is 20.3 Å². The van der Waals surface area contributed by atoms with Crippen LogP contribution in [0.5, 0.6) is 0 Å². The van der Waals surface area contributed by atoms with Crippen LogP contribution in [0, 0.1) is 6.92 Å². The number of morpholine rings is 1. The lowest BCUT2D eigenvalue weighted by Gasteiger charge is -2.24. The van der Waals surface area contributed by atoms with Crippen molar-refractivity contribution in [3.63, 3.8) is 0 Å². The largest absolute Gasteiger partial charge is 0.362 e. The number of carbonyl (C=O) groups excluding carboxylic acids is 2. The average Bonchev–Trinajstić information content (AvgIpc) is 3.24. The van der Waals surface area contributed by atoms with E-state index >= 15 is 0 Å². The summed E-state index contributed by atoms with van der Waals surface area (Å²) < 4.78 is 5.61. The maximum Gasteiger partial charge on any atom is 0.253 e. The Hall–Kier alpha value is -3.75. The van der Waals surface area contributed by atoms with Gasteiger partial charge in [0, 0.05) is 18.4 Å². The molecule has 1 unspecified atom stereocenters. The molecule has 3 heterocycles. The van der Waals surface area contributed by atoms with Crippen LogP contribution in [-0.4, -0.2) is 39.9 Å². The Morgan fingerprint density at radius 2 is 2.09 bits per heavy atom. The fraction of sp³-hybridized carbons (Fsp3) is 0.200. The number of fused-ring (bicyclic) bond motifs is 1. The Bertz CT molecular complexity index is 1380. The summed E-state index contributed by atoms with van der Waals surface area (Å²) in [6.45, 7) is 2.90. The van der Waals surface area contributed by atoms with Crippen LogP contribution < -0.4 is 10.6 Å². The molecule has 0 spiro atoms. The van der Waals surface area contributed by atoms with Crippen LogP contribution in [0.15, 0.2) is 54.7 Å². The number of rotatable bonds is 5. The fourth-order valence-corrected chi connectivity index (χ4v) is 4.10. The first-order chi connectivity index (χ1) is 16.5. The molecule has 2 amide bonds. The number of aromatic nitrogens is 3. The average molecular weight is 476 g/mol.